The third kappa shape index (κ3) is 9.29. The molecule has 2 rings (SSSR count). The number of nitrogens with zero attached hydrogens (tertiary/aromatic N) is 1. The summed E-state index contributed by atoms with van der Waals surface area (Å²) in [5, 5.41) is 4.81. The molecule has 0 spiro atoms. The van der Waals surface area contributed by atoms with Crippen LogP contribution >= 0.6 is 35.5 Å². The molecule has 142 valence electrons. The van der Waals surface area contributed by atoms with E-state index in [0.717, 1.165) is 23.6 Å². The van der Waals surface area contributed by atoms with Gasteiger partial charge in [-0.2, -0.15) is 0 Å². The minimum Gasteiger partial charge on any atom is -0.492 e. The number of benzene rings is 1. The normalized spacial score (nSPS) is 10.7. The van der Waals surface area contributed by atoms with Gasteiger partial charge in [0.2, 0.25) is 5.91 Å². The minimum absolute atomic E-state index is 0. The van der Waals surface area contributed by atoms with Crippen molar-refractivity contribution in [2.45, 2.75) is 17.9 Å². The zero-order valence-corrected chi connectivity index (χ0v) is 17.5. The highest BCUT2D eigenvalue weighted by molar-refractivity contribution is 8.00. The van der Waals surface area contributed by atoms with E-state index in [1.54, 1.807) is 17.5 Å². The summed E-state index contributed by atoms with van der Waals surface area (Å²) in [6.07, 6.45) is 4.37. The van der Waals surface area contributed by atoms with E-state index in [2.05, 4.69) is 30.4 Å². The number of halogens is 1. The van der Waals surface area contributed by atoms with Crippen LogP contribution in [0.3, 0.4) is 0 Å². The first-order valence-electron chi connectivity index (χ1n) is 8.10. The third-order valence-electron chi connectivity index (χ3n) is 3.13. The van der Waals surface area contributed by atoms with Crippen LogP contribution in [0.4, 0.5) is 0 Å². The summed E-state index contributed by atoms with van der Waals surface area (Å²) in [6, 6.07) is 12.0. The second kappa shape index (κ2) is 12.8. The summed E-state index contributed by atoms with van der Waals surface area (Å²) in [5.74, 6) is 1.32. The molecule has 4 nitrogen and oxygen atoms in total. The van der Waals surface area contributed by atoms with Crippen LogP contribution in [-0.2, 0) is 11.3 Å². The highest BCUT2D eigenvalue weighted by Gasteiger charge is 2.02. The molecule has 0 radical (unpaired) electrons. The summed E-state index contributed by atoms with van der Waals surface area (Å²) in [6.45, 7) is 1.53. The van der Waals surface area contributed by atoms with Gasteiger partial charge in [-0.1, -0.05) is 24.3 Å². The number of hydrogen-bond acceptors (Lipinski definition) is 5. The highest BCUT2D eigenvalue weighted by atomic mass is 35.5. The number of thiophene rings is 1. The Bertz CT molecular complexity index is 675. The van der Waals surface area contributed by atoms with Gasteiger partial charge in [-0.05, 0) is 38.5 Å². The van der Waals surface area contributed by atoms with Crippen molar-refractivity contribution in [1.29, 1.82) is 0 Å². The Morgan fingerprint density at radius 2 is 2.08 bits per heavy atom. The maximum Gasteiger partial charge on any atom is 0.234 e. The number of thioether (sulfide) groups is 1. The van der Waals surface area contributed by atoms with E-state index in [-0.39, 0.29) is 18.3 Å². The third-order valence-corrected chi connectivity index (χ3v) is 5.04. The molecule has 1 heterocycles. The van der Waals surface area contributed by atoms with Gasteiger partial charge in [0.25, 0.3) is 0 Å². The first-order valence-corrected chi connectivity index (χ1v) is 9.97. The molecule has 0 unspecified atom stereocenters. The van der Waals surface area contributed by atoms with E-state index >= 15 is 0 Å². The van der Waals surface area contributed by atoms with Crippen LogP contribution in [-0.4, -0.2) is 37.3 Å². The fourth-order valence-corrected chi connectivity index (χ4v) is 3.67. The standard InChI is InChI=1S/C19H24N2O2S2.ClH/c1-21(2)13-18-12-16(14-24-18)23-11-7-6-10-20-19(22)15-25-17-8-4-3-5-9-17;/h3-6,8-10,12,14H,7,11,13,15H2,1-2H3,(H,20,22);1H/b10-6-;. The lowest BCUT2D eigenvalue weighted by Crippen LogP contribution is -2.19. The Hall–Kier alpha value is -1.47. The van der Waals surface area contributed by atoms with Crippen molar-refractivity contribution in [2.24, 2.45) is 0 Å². The van der Waals surface area contributed by atoms with Crippen LogP contribution in [0.2, 0.25) is 0 Å². The Balaban J connectivity index is 0.00000338. The van der Waals surface area contributed by atoms with Crippen molar-refractivity contribution in [3.8, 4) is 5.75 Å². The minimum atomic E-state index is -0.00261. The molecule has 0 aliphatic carbocycles. The number of hydrogen-bond donors (Lipinski definition) is 1. The van der Waals surface area contributed by atoms with Gasteiger partial charge in [-0.25, -0.2) is 0 Å². The van der Waals surface area contributed by atoms with Gasteiger partial charge in [-0.3, -0.25) is 4.79 Å². The first-order chi connectivity index (χ1) is 12.1. The average molecular weight is 413 g/mol. The summed E-state index contributed by atoms with van der Waals surface area (Å²) in [5.41, 5.74) is 0. The van der Waals surface area contributed by atoms with E-state index < -0.39 is 0 Å². The van der Waals surface area contributed by atoms with Crippen LogP contribution in [0.5, 0.6) is 5.75 Å². The van der Waals surface area contributed by atoms with Crippen LogP contribution < -0.4 is 10.1 Å². The zero-order valence-electron chi connectivity index (χ0n) is 15.0. The Morgan fingerprint density at radius 1 is 1.31 bits per heavy atom. The van der Waals surface area contributed by atoms with Gasteiger partial charge in [0.15, 0.2) is 0 Å². The molecule has 0 saturated heterocycles. The van der Waals surface area contributed by atoms with Gasteiger partial charge < -0.3 is 15.0 Å². The van der Waals surface area contributed by atoms with Crippen LogP contribution in [0.15, 0.2) is 58.9 Å². The van der Waals surface area contributed by atoms with Crippen LogP contribution in [0, 0.1) is 0 Å². The number of carbonyl (C=O) groups is 1. The molecule has 26 heavy (non-hydrogen) atoms. The maximum atomic E-state index is 11.7. The quantitative estimate of drug-likeness (QED) is 0.463. The van der Waals surface area contributed by atoms with E-state index in [1.165, 1.54) is 16.6 Å². The zero-order chi connectivity index (χ0) is 17.9. The van der Waals surface area contributed by atoms with Gasteiger partial charge in [0, 0.05) is 28.1 Å². The molecule has 1 N–H and O–H groups in total. The molecule has 1 amide bonds. The summed E-state index contributed by atoms with van der Waals surface area (Å²) in [7, 11) is 4.11. The fourth-order valence-electron chi connectivity index (χ4n) is 2.02. The molecule has 0 aliphatic rings. The number of amides is 1. The van der Waals surface area contributed by atoms with Crippen LogP contribution in [0.25, 0.3) is 0 Å². The summed E-state index contributed by atoms with van der Waals surface area (Å²) in [4.78, 5) is 16.3. The Kier molecular flexibility index (Phi) is 11.1. The average Bonchev–Trinajstić information content (AvgIpc) is 3.03. The molecule has 0 bridgehead atoms. The number of carbonyl (C=O) groups excluding carboxylic acids is 1. The monoisotopic (exact) mass is 412 g/mol. The van der Waals surface area contributed by atoms with Crippen molar-refractivity contribution in [3.63, 3.8) is 0 Å². The van der Waals surface area contributed by atoms with Crippen molar-refractivity contribution in [1.82, 2.24) is 10.2 Å². The van der Waals surface area contributed by atoms with E-state index in [4.69, 9.17) is 4.74 Å². The molecule has 0 atom stereocenters. The number of nitrogens with one attached hydrogen (secondary N) is 1. The lowest BCUT2D eigenvalue weighted by Gasteiger charge is -2.06. The summed E-state index contributed by atoms with van der Waals surface area (Å²) < 4.78 is 5.70. The second-order valence-corrected chi connectivity index (χ2v) is 7.74. The largest absolute Gasteiger partial charge is 0.492 e. The summed E-state index contributed by atoms with van der Waals surface area (Å²) >= 11 is 3.24. The molecule has 0 aliphatic heterocycles. The van der Waals surface area contributed by atoms with Crippen molar-refractivity contribution in [3.05, 3.63) is 58.9 Å². The highest BCUT2D eigenvalue weighted by Crippen LogP contribution is 2.22. The van der Waals surface area contributed by atoms with Gasteiger partial charge in [0.1, 0.15) is 5.75 Å². The molecule has 1 aromatic carbocycles. The van der Waals surface area contributed by atoms with Crippen molar-refractivity contribution in [2.75, 3.05) is 26.5 Å². The van der Waals surface area contributed by atoms with Gasteiger partial charge in [-0.15, -0.1) is 35.5 Å². The SMILES string of the molecule is CN(C)Cc1cc(OCC/C=C\NC(=O)CSc2ccccc2)cs1.Cl. The molecular formula is C19H25ClN2O2S2. The van der Waals surface area contributed by atoms with Crippen LogP contribution in [0.1, 0.15) is 11.3 Å². The predicted molar refractivity (Wildman–Crippen MR) is 114 cm³/mol. The second-order valence-electron chi connectivity index (χ2n) is 5.70. The lowest BCUT2D eigenvalue weighted by molar-refractivity contribution is -0.117. The predicted octanol–water partition coefficient (Wildman–Crippen LogP) is 4.42. The van der Waals surface area contributed by atoms with E-state index in [9.17, 15) is 4.79 Å². The molecule has 2 aromatic rings. The fraction of sp³-hybridized carbons (Fsp3) is 0.316. The van der Waals surface area contributed by atoms with E-state index in [0.29, 0.717) is 12.4 Å². The van der Waals surface area contributed by atoms with Gasteiger partial charge in [0.05, 0.1) is 12.4 Å². The van der Waals surface area contributed by atoms with Crippen molar-refractivity contribution >= 4 is 41.4 Å². The smallest absolute Gasteiger partial charge is 0.234 e. The topological polar surface area (TPSA) is 41.6 Å². The molecule has 1 aromatic heterocycles. The first kappa shape index (κ1) is 22.6. The van der Waals surface area contributed by atoms with Crippen molar-refractivity contribution < 1.29 is 9.53 Å². The Morgan fingerprint density at radius 3 is 2.81 bits per heavy atom. The maximum absolute atomic E-state index is 11.7. The number of ether oxygens (including phenoxy) is 1. The number of rotatable bonds is 10. The van der Waals surface area contributed by atoms with E-state index in [1.807, 2.05) is 41.8 Å². The molecular weight excluding hydrogens is 388 g/mol. The lowest BCUT2D eigenvalue weighted by atomic mass is 10.4. The van der Waals surface area contributed by atoms with Gasteiger partial charge >= 0.3 is 0 Å². The molecule has 0 fully saturated rings. The molecule has 7 heteroatoms. The Labute approximate surface area is 170 Å². The molecule has 0 saturated carbocycles.